The van der Waals surface area contributed by atoms with Crippen LogP contribution in [-0.4, -0.2) is 52.7 Å². The van der Waals surface area contributed by atoms with Crippen molar-refractivity contribution in [2.24, 2.45) is 0 Å². The number of rotatable bonds is 3. The van der Waals surface area contributed by atoms with E-state index >= 15 is 0 Å². The smallest absolute Gasteiger partial charge is 0.344 e. The number of alkyl halides is 3. The Morgan fingerprint density at radius 1 is 1.33 bits per heavy atom. The fraction of sp³-hybridized carbons (Fsp3) is 0.412. The molecule has 1 aliphatic heterocycles. The Bertz CT molecular complexity index is 1120. The Morgan fingerprint density at radius 2 is 2.11 bits per heavy atom. The van der Waals surface area contributed by atoms with Crippen LogP contribution in [0.25, 0.3) is 21.9 Å². The van der Waals surface area contributed by atoms with Crippen LogP contribution in [0, 0.1) is 6.92 Å². The first-order chi connectivity index (χ1) is 12.6. The van der Waals surface area contributed by atoms with Crippen LogP contribution in [0.2, 0.25) is 0 Å². The highest BCUT2D eigenvalue weighted by Crippen LogP contribution is 2.36. The minimum absolute atomic E-state index is 0.0325. The molecular weight excluding hydrogens is 381 g/mol. The van der Waals surface area contributed by atoms with Gasteiger partial charge in [-0.3, -0.25) is 4.98 Å². The fourth-order valence-electron chi connectivity index (χ4n) is 3.75. The van der Waals surface area contributed by atoms with Crippen LogP contribution in [0.15, 0.2) is 24.5 Å². The SMILES string of the molecule is Cc1cc2c(ncc3nccc(C4CCN(S(=O)(=O)CC(F)(F)F)C4)c32)[nH]1. The first-order valence-corrected chi connectivity index (χ1v) is 10.0. The molecule has 4 heterocycles. The van der Waals surface area contributed by atoms with Gasteiger partial charge in [-0.25, -0.2) is 17.7 Å². The van der Waals surface area contributed by atoms with Gasteiger partial charge in [-0.15, -0.1) is 0 Å². The van der Waals surface area contributed by atoms with Gasteiger partial charge >= 0.3 is 6.18 Å². The summed E-state index contributed by atoms with van der Waals surface area (Å²) in [6.07, 6.45) is -1.02. The monoisotopic (exact) mass is 398 g/mol. The Morgan fingerprint density at radius 3 is 2.85 bits per heavy atom. The van der Waals surface area contributed by atoms with Crippen LogP contribution in [0.3, 0.4) is 0 Å². The molecule has 0 amide bonds. The third-order valence-corrected chi connectivity index (χ3v) is 6.67. The van der Waals surface area contributed by atoms with E-state index in [0.29, 0.717) is 17.6 Å². The zero-order valence-corrected chi connectivity index (χ0v) is 15.2. The molecule has 0 aromatic carbocycles. The molecule has 0 bridgehead atoms. The van der Waals surface area contributed by atoms with Crippen molar-refractivity contribution in [3.05, 3.63) is 35.8 Å². The number of aromatic amines is 1. The first kappa shape index (κ1) is 18.2. The summed E-state index contributed by atoms with van der Waals surface area (Å²) in [4.78, 5) is 11.8. The van der Waals surface area contributed by atoms with Crippen LogP contribution in [0.4, 0.5) is 13.2 Å². The zero-order valence-electron chi connectivity index (χ0n) is 14.4. The Kier molecular flexibility index (Phi) is 4.15. The van der Waals surface area contributed by atoms with Gasteiger partial charge in [0.05, 0.1) is 11.7 Å². The number of halogens is 3. The second-order valence-electron chi connectivity index (χ2n) is 6.85. The van der Waals surface area contributed by atoms with E-state index in [-0.39, 0.29) is 19.0 Å². The molecule has 1 fully saturated rings. The highest BCUT2D eigenvalue weighted by Gasteiger charge is 2.41. The van der Waals surface area contributed by atoms with E-state index < -0.39 is 22.0 Å². The lowest BCUT2D eigenvalue weighted by molar-refractivity contribution is -0.106. The van der Waals surface area contributed by atoms with Gasteiger partial charge in [-0.05, 0) is 37.0 Å². The molecule has 1 saturated heterocycles. The molecule has 144 valence electrons. The number of H-pyrrole nitrogens is 1. The van der Waals surface area contributed by atoms with Crippen molar-refractivity contribution < 1.29 is 21.6 Å². The van der Waals surface area contributed by atoms with Gasteiger partial charge in [0.2, 0.25) is 10.0 Å². The molecule has 3 aromatic rings. The van der Waals surface area contributed by atoms with Crippen LogP contribution in [0.1, 0.15) is 23.6 Å². The van der Waals surface area contributed by atoms with Gasteiger partial charge in [0.1, 0.15) is 5.65 Å². The number of hydrogen-bond acceptors (Lipinski definition) is 4. The first-order valence-electron chi connectivity index (χ1n) is 8.41. The minimum Gasteiger partial charge on any atom is -0.344 e. The maximum Gasteiger partial charge on any atom is 0.404 e. The maximum absolute atomic E-state index is 12.6. The van der Waals surface area contributed by atoms with Crippen LogP contribution >= 0.6 is 0 Å². The summed E-state index contributed by atoms with van der Waals surface area (Å²) in [5.41, 5.74) is 3.20. The summed E-state index contributed by atoms with van der Waals surface area (Å²) in [7, 11) is -4.38. The van der Waals surface area contributed by atoms with E-state index in [1.165, 1.54) is 0 Å². The predicted octanol–water partition coefficient (Wildman–Crippen LogP) is 3.10. The molecule has 0 radical (unpaired) electrons. The molecule has 0 aliphatic carbocycles. The summed E-state index contributed by atoms with van der Waals surface area (Å²) in [6, 6.07) is 3.76. The van der Waals surface area contributed by atoms with E-state index in [9.17, 15) is 21.6 Å². The van der Waals surface area contributed by atoms with E-state index in [4.69, 9.17) is 0 Å². The molecule has 27 heavy (non-hydrogen) atoms. The number of sulfonamides is 1. The van der Waals surface area contributed by atoms with E-state index in [2.05, 4.69) is 15.0 Å². The lowest BCUT2D eigenvalue weighted by Gasteiger charge is -2.18. The zero-order chi connectivity index (χ0) is 19.4. The normalized spacial score (nSPS) is 19.3. The van der Waals surface area contributed by atoms with Crippen molar-refractivity contribution in [3.63, 3.8) is 0 Å². The molecule has 1 atom stereocenters. The number of nitrogens with zero attached hydrogens (tertiary/aromatic N) is 3. The largest absolute Gasteiger partial charge is 0.404 e. The molecule has 10 heteroatoms. The van der Waals surface area contributed by atoms with E-state index in [0.717, 1.165) is 26.3 Å². The van der Waals surface area contributed by atoms with Gasteiger partial charge in [-0.2, -0.15) is 13.2 Å². The van der Waals surface area contributed by atoms with Crippen molar-refractivity contribution in [2.75, 3.05) is 18.8 Å². The Hall–Kier alpha value is -2.20. The Balaban J connectivity index is 1.73. The van der Waals surface area contributed by atoms with E-state index in [1.54, 1.807) is 12.4 Å². The maximum atomic E-state index is 12.6. The van der Waals surface area contributed by atoms with Crippen LogP contribution in [0.5, 0.6) is 0 Å². The molecule has 1 N–H and O–H groups in total. The topological polar surface area (TPSA) is 79.0 Å². The van der Waals surface area contributed by atoms with Crippen molar-refractivity contribution >= 4 is 32.0 Å². The molecule has 1 aliphatic rings. The lowest BCUT2D eigenvalue weighted by Crippen LogP contribution is -2.36. The van der Waals surface area contributed by atoms with Gasteiger partial charge in [0.15, 0.2) is 5.75 Å². The number of pyridine rings is 2. The molecule has 0 spiro atoms. The predicted molar refractivity (Wildman–Crippen MR) is 94.9 cm³/mol. The molecular formula is C17H17F3N4O2S. The quantitative estimate of drug-likeness (QED) is 0.735. The average molecular weight is 398 g/mol. The molecule has 6 nitrogen and oxygen atoms in total. The van der Waals surface area contributed by atoms with Gasteiger partial charge in [0.25, 0.3) is 0 Å². The third kappa shape index (κ3) is 3.39. The molecule has 1 unspecified atom stereocenters. The fourth-order valence-corrected chi connectivity index (χ4v) is 5.14. The third-order valence-electron chi connectivity index (χ3n) is 4.86. The molecule has 0 saturated carbocycles. The average Bonchev–Trinajstić information content (AvgIpc) is 3.18. The minimum atomic E-state index is -4.75. The summed E-state index contributed by atoms with van der Waals surface area (Å²) in [5, 5.41) is 1.75. The Labute approximate surface area is 153 Å². The van der Waals surface area contributed by atoms with Crippen LogP contribution < -0.4 is 0 Å². The van der Waals surface area contributed by atoms with Gasteiger partial charge < -0.3 is 4.98 Å². The molecule has 4 rings (SSSR count). The summed E-state index contributed by atoms with van der Waals surface area (Å²) in [5.74, 6) is -2.02. The van der Waals surface area contributed by atoms with Crippen molar-refractivity contribution in [1.29, 1.82) is 0 Å². The van der Waals surface area contributed by atoms with Gasteiger partial charge in [-0.1, -0.05) is 0 Å². The number of nitrogens with one attached hydrogen (secondary N) is 1. The number of hydrogen-bond donors (Lipinski definition) is 1. The second kappa shape index (κ2) is 6.16. The number of aryl methyl sites for hydroxylation is 1. The highest BCUT2D eigenvalue weighted by atomic mass is 32.2. The second-order valence-corrected chi connectivity index (χ2v) is 8.82. The van der Waals surface area contributed by atoms with Crippen LogP contribution in [-0.2, 0) is 10.0 Å². The summed E-state index contributed by atoms with van der Waals surface area (Å²) in [6.45, 7) is 2.02. The van der Waals surface area contributed by atoms with Crippen molar-refractivity contribution in [1.82, 2.24) is 19.3 Å². The van der Waals surface area contributed by atoms with Crippen molar-refractivity contribution in [2.45, 2.75) is 25.4 Å². The lowest BCUT2D eigenvalue weighted by atomic mass is 9.94. The summed E-state index contributed by atoms with van der Waals surface area (Å²) >= 11 is 0. The molecule has 3 aromatic heterocycles. The number of fused-ring (bicyclic) bond motifs is 3. The van der Waals surface area contributed by atoms with E-state index in [1.807, 2.05) is 19.1 Å². The highest BCUT2D eigenvalue weighted by molar-refractivity contribution is 7.89. The van der Waals surface area contributed by atoms with Gasteiger partial charge in [0, 0.05) is 35.8 Å². The number of aromatic nitrogens is 3. The summed E-state index contributed by atoms with van der Waals surface area (Å²) < 4.78 is 62.9. The standard InChI is InChI=1S/C17H17F3N4O2S/c1-10-6-13-15-12(2-4-21-14(15)7-22-16(13)23-10)11-3-5-24(8-11)27(25,26)9-17(18,19)20/h2,4,6-7,11H,3,5,8-9H2,1H3,(H,22,23). The van der Waals surface area contributed by atoms with Crippen molar-refractivity contribution in [3.8, 4) is 0 Å².